The van der Waals surface area contributed by atoms with E-state index in [2.05, 4.69) is 25.6 Å². The Morgan fingerprint density at radius 2 is 2.10 bits per heavy atom. The summed E-state index contributed by atoms with van der Waals surface area (Å²) in [4.78, 5) is 3.85. The van der Waals surface area contributed by atoms with E-state index in [4.69, 9.17) is 10.5 Å². The Kier molecular flexibility index (Phi) is 4.15. The molecule has 20 heavy (non-hydrogen) atoms. The summed E-state index contributed by atoms with van der Waals surface area (Å²) in [6.07, 6.45) is 2.98. The van der Waals surface area contributed by atoms with E-state index in [9.17, 15) is 8.42 Å². The van der Waals surface area contributed by atoms with Crippen LogP contribution in [-0.2, 0) is 10.0 Å². The normalized spacial score (nSPS) is 11.1. The molecule has 6 nitrogen and oxygen atoms in total. The summed E-state index contributed by atoms with van der Waals surface area (Å²) in [5.41, 5.74) is 6.25. The van der Waals surface area contributed by atoms with Gasteiger partial charge in [0.1, 0.15) is 10.6 Å². The topological polar surface area (TPSA) is 94.3 Å². The third-order valence-corrected chi connectivity index (χ3v) is 4.59. The van der Waals surface area contributed by atoms with Crippen molar-refractivity contribution in [3.63, 3.8) is 0 Å². The third kappa shape index (κ3) is 3.02. The van der Waals surface area contributed by atoms with E-state index in [0.717, 1.165) is 0 Å². The maximum atomic E-state index is 12.3. The second-order valence-corrected chi connectivity index (χ2v) is 6.37. The molecule has 0 amide bonds. The van der Waals surface area contributed by atoms with E-state index in [1.54, 1.807) is 6.07 Å². The van der Waals surface area contributed by atoms with Crippen LogP contribution in [0.25, 0.3) is 0 Å². The number of methoxy groups -OCH3 is 1. The lowest BCUT2D eigenvalue weighted by Gasteiger charge is -2.12. The number of hydrogen-bond acceptors (Lipinski definition) is 5. The number of nitrogen functional groups attached to an aromatic ring is 1. The number of nitrogens with zero attached hydrogens (tertiary/aromatic N) is 1. The van der Waals surface area contributed by atoms with Crippen LogP contribution >= 0.6 is 15.9 Å². The van der Waals surface area contributed by atoms with E-state index >= 15 is 0 Å². The van der Waals surface area contributed by atoms with E-state index in [0.29, 0.717) is 15.9 Å². The number of ether oxygens (including phenoxy) is 1. The van der Waals surface area contributed by atoms with Crippen molar-refractivity contribution in [3.05, 3.63) is 41.1 Å². The van der Waals surface area contributed by atoms with Gasteiger partial charge >= 0.3 is 0 Å². The Hall–Kier alpha value is -1.80. The van der Waals surface area contributed by atoms with Crippen molar-refractivity contribution in [2.45, 2.75) is 4.90 Å². The fourth-order valence-corrected chi connectivity index (χ4v) is 3.23. The highest BCUT2D eigenvalue weighted by molar-refractivity contribution is 9.10. The lowest BCUT2D eigenvalue weighted by atomic mass is 10.3. The van der Waals surface area contributed by atoms with Gasteiger partial charge in [-0.25, -0.2) is 8.42 Å². The number of pyridine rings is 1. The van der Waals surface area contributed by atoms with Crippen LogP contribution in [0.5, 0.6) is 5.75 Å². The first-order chi connectivity index (χ1) is 9.44. The summed E-state index contributed by atoms with van der Waals surface area (Å²) in [5, 5.41) is 0. The summed E-state index contributed by atoms with van der Waals surface area (Å²) >= 11 is 3.22. The molecule has 2 rings (SSSR count). The first-order valence-electron chi connectivity index (χ1n) is 5.50. The number of nitrogens with two attached hydrogens (primary N) is 1. The van der Waals surface area contributed by atoms with Gasteiger partial charge in [0.15, 0.2) is 0 Å². The van der Waals surface area contributed by atoms with E-state index in [1.807, 2.05) is 0 Å². The molecule has 0 radical (unpaired) electrons. The summed E-state index contributed by atoms with van der Waals surface area (Å²) in [7, 11) is -2.30. The van der Waals surface area contributed by atoms with Crippen molar-refractivity contribution >= 4 is 37.3 Å². The molecule has 8 heteroatoms. The van der Waals surface area contributed by atoms with Crippen LogP contribution in [0.15, 0.2) is 46.0 Å². The van der Waals surface area contributed by atoms with Gasteiger partial charge in [0.05, 0.1) is 23.0 Å². The van der Waals surface area contributed by atoms with Crippen molar-refractivity contribution in [3.8, 4) is 5.75 Å². The molecular weight excluding hydrogens is 346 g/mol. The van der Waals surface area contributed by atoms with Crippen molar-refractivity contribution in [1.82, 2.24) is 4.98 Å². The Bertz CT molecular complexity index is 734. The van der Waals surface area contributed by atoms with Crippen molar-refractivity contribution in [2.75, 3.05) is 17.6 Å². The van der Waals surface area contributed by atoms with E-state index < -0.39 is 10.0 Å². The number of benzene rings is 1. The standard InChI is InChI=1S/C12H12BrN3O3S/c1-19-8-2-3-12(10(14)6-8)20(17,18)16-11-4-5-15-7-9(11)13/h2-7H,14H2,1H3,(H,15,16). The fourth-order valence-electron chi connectivity index (χ4n) is 1.56. The van der Waals surface area contributed by atoms with Crippen LogP contribution in [0.4, 0.5) is 11.4 Å². The van der Waals surface area contributed by atoms with Gasteiger partial charge in [0.25, 0.3) is 10.0 Å². The van der Waals surface area contributed by atoms with Crippen molar-refractivity contribution in [2.24, 2.45) is 0 Å². The van der Waals surface area contributed by atoms with Gasteiger partial charge < -0.3 is 10.5 Å². The molecule has 0 spiro atoms. The van der Waals surface area contributed by atoms with Gasteiger partial charge in [0.2, 0.25) is 0 Å². The molecule has 0 aliphatic carbocycles. The molecule has 1 aromatic heterocycles. The first-order valence-corrected chi connectivity index (χ1v) is 7.77. The predicted octanol–water partition coefficient (Wildman–Crippen LogP) is 2.24. The maximum absolute atomic E-state index is 12.3. The van der Waals surface area contributed by atoms with Crippen LogP contribution in [0.3, 0.4) is 0 Å². The molecule has 0 fully saturated rings. The molecule has 0 unspecified atom stereocenters. The van der Waals surface area contributed by atoms with Crippen LogP contribution in [0.2, 0.25) is 0 Å². The molecular formula is C12H12BrN3O3S. The number of aromatic nitrogens is 1. The first kappa shape index (κ1) is 14.6. The summed E-state index contributed by atoms with van der Waals surface area (Å²) in [5.74, 6) is 0.492. The van der Waals surface area contributed by atoms with Crippen molar-refractivity contribution in [1.29, 1.82) is 0 Å². The largest absolute Gasteiger partial charge is 0.497 e. The number of halogens is 1. The molecule has 2 aromatic rings. The maximum Gasteiger partial charge on any atom is 0.263 e. The minimum atomic E-state index is -3.78. The zero-order valence-electron chi connectivity index (χ0n) is 10.5. The Balaban J connectivity index is 2.39. The van der Waals surface area contributed by atoms with Gasteiger partial charge in [-0.05, 0) is 34.1 Å². The molecule has 0 saturated carbocycles. The molecule has 0 bridgehead atoms. The van der Waals surface area contributed by atoms with Crippen molar-refractivity contribution < 1.29 is 13.2 Å². The lowest BCUT2D eigenvalue weighted by Crippen LogP contribution is -2.15. The number of rotatable bonds is 4. The molecule has 0 aliphatic rings. The quantitative estimate of drug-likeness (QED) is 0.818. The molecule has 106 valence electrons. The number of nitrogens with one attached hydrogen (secondary N) is 1. The van der Waals surface area contributed by atoms with Gasteiger partial charge in [-0.2, -0.15) is 0 Å². The lowest BCUT2D eigenvalue weighted by molar-refractivity contribution is 0.414. The zero-order chi connectivity index (χ0) is 14.8. The monoisotopic (exact) mass is 357 g/mol. The summed E-state index contributed by atoms with van der Waals surface area (Å²) < 4.78 is 32.6. The SMILES string of the molecule is COc1ccc(S(=O)(=O)Nc2ccncc2Br)c(N)c1. The Morgan fingerprint density at radius 1 is 1.35 bits per heavy atom. The van der Waals surface area contributed by atoms with Gasteiger partial charge in [-0.15, -0.1) is 0 Å². The number of sulfonamides is 1. The molecule has 1 heterocycles. The van der Waals surface area contributed by atoms with Gasteiger partial charge in [-0.1, -0.05) is 0 Å². The zero-order valence-corrected chi connectivity index (χ0v) is 12.9. The van der Waals surface area contributed by atoms with Crippen LogP contribution in [0, 0.1) is 0 Å². The average Bonchev–Trinajstić information content (AvgIpc) is 2.40. The highest BCUT2D eigenvalue weighted by Crippen LogP contribution is 2.28. The average molecular weight is 358 g/mol. The van der Waals surface area contributed by atoms with Crippen LogP contribution < -0.4 is 15.2 Å². The number of hydrogen-bond donors (Lipinski definition) is 2. The minimum absolute atomic E-state index is 0.0120. The summed E-state index contributed by atoms with van der Waals surface area (Å²) in [6.45, 7) is 0. The third-order valence-electron chi connectivity index (χ3n) is 2.52. The van der Waals surface area contributed by atoms with Crippen LogP contribution in [0.1, 0.15) is 0 Å². The second kappa shape index (κ2) is 5.68. The highest BCUT2D eigenvalue weighted by Gasteiger charge is 2.19. The van der Waals surface area contributed by atoms with Crippen LogP contribution in [-0.4, -0.2) is 20.5 Å². The van der Waals surface area contributed by atoms with Gasteiger partial charge in [-0.3, -0.25) is 9.71 Å². The molecule has 3 N–H and O–H groups in total. The minimum Gasteiger partial charge on any atom is -0.497 e. The van der Waals surface area contributed by atoms with E-state index in [1.165, 1.54) is 37.7 Å². The molecule has 0 atom stereocenters. The Morgan fingerprint density at radius 3 is 2.70 bits per heavy atom. The second-order valence-electron chi connectivity index (χ2n) is 3.86. The van der Waals surface area contributed by atoms with E-state index in [-0.39, 0.29) is 10.6 Å². The van der Waals surface area contributed by atoms with Gasteiger partial charge in [0, 0.05) is 18.5 Å². The molecule has 0 aliphatic heterocycles. The molecule has 0 saturated heterocycles. The number of anilines is 2. The smallest absolute Gasteiger partial charge is 0.263 e. The Labute approximate surface area is 125 Å². The fraction of sp³-hybridized carbons (Fsp3) is 0.0833. The molecule has 1 aromatic carbocycles. The predicted molar refractivity (Wildman–Crippen MR) is 80.2 cm³/mol. The summed E-state index contributed by atoms with van der Waals surface area (Å²) in [6, 6.07) is 5.93. The highest BCUT2D eigenvalue weighted by atomic mass is 79.9.